The first-order valence-electron chi connectivity index (χ1n) is 8.07. The Kier molecular flexibility index (Phi) is 9.00. The number of carbonyl (C=O) groups excluding carboxylic acids is 2. The van der Waals surface area contributed by atoms with Crippen molar-refractivity contribution in [2.75, 3.05) is 11.9 Å². The molecule has 6 nitrogen and oxygen atoms in total. The molecule has 1 radical (unpaired) electrons. The molecule has 0 aliphatic rings. The van der Waals surface area contributed by atoms with E-state index in [1.54, 1.807) is 11.6 Å². The number of amides is 1. The van der Waals surface area contributed by atoms with E-state index >= 15 is 0 Å². The van der Waals surface area contributed by atoms with Crippen LogP contribution in [0.3, 0.4) is 0 Å². The molecule has 1 aromatic heterocycles. The standard InChI is InChI=1S/C18H23N3O3.Y/c1-4-24-17(23)9-12-20-10-6-11-21(20)13-16(22)19-18-14(2)7-5-8-15(18)3;/h5-8,10-11H,4,9,12-13H2,1-3H3;/p+1. The molecule has 2 aromatic rings. The van der Waals surface area contributed by atoms with Gasteiger partial charge in [-0.3, -0.25) is 9.59 Å². The van der Waals surface area contributed by atoms with Gasteiger partial charge >= 0.3 is 5.97 Å². The van der Waals surface area contributed by atoms with E-state index in [0.717, 1.165) is 16.8 Å². The third-order valence-electron chi connectivity index (χ3n) is 3.75. The fraction of sp³-hybridized carbons (Fsp3) is 0.389. The number of nitrogens with zero attached hydrogens (tertiary/aromatic N) is 2. The summed E-state index contributed by atoms with van der Waals surface area (Å²) in [6.07, 6.45) is 3.93. The summed E-state index contributed by atoms with van der Waals surface area (Å²) in [5.41, 5.74) is 2.92. The molecule has 1 N–H and O–H groups in total. The summed E-state index contributed by atoms with van der Waals surface area (Å²) in [5, 5.41) is 2.96. The molecule has 7 heteroatoms. The number of aromatic nitrogens is 2. The van der Waals surface area contributed by atoms with E-state index in [4.69, 9.17) is 4.74 Å². The number of hydrogen-bond donors (Lipinski definition) is 1. The van der Waals surface area contributed by atoms with E-state index in [0.29, 0.717) is 13.2 Å². The Morgan fingerprint density at radius 1 is 1.20 bits per heavy atom. The minimum Gasteiger partial charge on any atom is -0.466 e. The minimum atomic E-state index is -0.238. The van der Waals surface area contributed by atoms with Gasteiger partial charge in [0, 0.05) is 44.5 Å². The Morgan fingerprint density at radius 3 is 2.52 bits per heavy atom. The number of esters is 1. The average Bonchev–Trinajstić information content (AvgIpc) is 2.96. The number of benzene rings is 1. The number of carbonyl (C=O) groups is 2. The second-order valence-corrected chi connectivity index (χ2v) is 5.62. The fourth-order valence-corrected chi connectivity index (χ4v) is 2.53. The van der Waals surface area contributed by atoms with Gasteiger partial charge in [0.2, 0.25) is 6.54 Å². The second-order valence-electron chi connectivity index (χ2n) is 5.62. The molecule has 1 amide bonds. The molecule has 0 fully saturated rings. The summed E-state index contributed by atoms with van der Waals surface area (Å²) >= 11 is 0. The monoisotopic (exact) mass is 419 g/mol. The zero-order valence-corrected chi connectivity index (χ0v) is 17.8. The van der Waals surface area contributed by atoms with Crippen LogP contribution in [0.4, 0.5) is 5.69 Å². The molecular weight excluding hydrogens is 395 g/mol. The molecule has 0 atom stereocenters. The summed E-state index contributed by atoms with van der Waals surface area (Å²) < 4.78 is 8.54. The van der Waals surface area contributed by atoms with Gasteiger partial charge in [-0.2, -0.15) is 4.68 Å². The SMILES string of the molecule is CCOC(=O)CCn1ccc[n+]1CC(=O)Nc1c(C)cccc1C.[Y]. The maximum absolute atomic E-state index is 12.3. The Morgan fingerprint density at radius 2 is 1.88 bits per heavy atom. The van der Waals surface area contributed by atoms with Gasteiger partial charge in [-0.15, -0.1) is 4.68 Å². The van der Waals surface area contributed by atoms with Crippen LogP contribution in [0.25, 0.3) is 0 Å². The summed E-state index contributed by atoms with van der Waals surface area (Å²) in [6, 6.07) is 7.75. The van der Waals surface area contributed by atoms with E-state index < -0.39 is 0 Å². The van der Waals surface area contributed by atoms with Crippen LogP contribution in [-0.2, 0) is 60.1 Å². The van der Waals surface area contributed by atoms with Crippen LogP contribution < -0.4 is 10.00 Å². The molecule has 0 saturated carbocycles. The van der Waals surface area contributed by atoms with Gasteiger partial charge in [0.25, 0.3) is 5.91 Å². The van der Waals surface area contributed by atoms with Crippen LogP contribution in [-0.4, -0.2) is 23.2 Å². The number of ether oxygens (including phenoxy) is 1. The average molecular weight is 419 g/mol. The maximum atomic E-state index is 12.3. The van der Waals surface area contributed by atoms with Crippen molar-refractivity contribution in [2.24, 2.45) is 0 Å². The first-order chi connectivity index (χ1) is 11.5. The fourth-order valence-electron chi connectivity index (χ4n) is 2.53. The van der Waals surface area contributed by atoms with Gasteiger partial charge < -0.3 is 10.1 Å². The number of aryl methyl sites for hydroxylation is 3. The van der Waals surface area contributed by atoms with Crippen molar-refractivity contribution in [1.82, 2.24) is 4.68 Å². The Hall–Kier alpha value is -1.53. The molecule has 0 aliphatic heterocycles. The zero-order chi connectivity index (χ0) is 17.5. The number of rotatable bonds is 7. The molecule has 1 heterocycles. The van der Waals surface area contributed by atoms with Crippen LogP contribution in [0.5, 0.6) is 0 Å². The Balaban J connectivity index is 0.00000312. The molecule has 0 bridgehead atoms. The van der Waals surface area contributed by atoms with Crippen molar-refractivity contribution < 1.29 is 51.7 Å². The topological polar surface area (TPSA) is 64.2 Å². The zero-order valence-electron chi connectivity index (χ0n) is 15.0. The predicted octanol–water partition coefficient (Wildman–Crippen LogP) is 1.98. The van der Waals surface area contributed by atoms with Gasteiger partial charge in [0.1, 0.15) is 0 Å². The smallest absolute Gasteiger partial charge is 0.307 e. The van der Waals surface area contributed by atoms with E-state index in [2.05, 4.69) is 5.32 Å². The van der Waals surface area contributed by atoms with Crippen LogP contribution in [0, 0.1) is 13.8 Å². The molecular formula is C18H24N3O3Y+. The van der Waals surface area contributed by atoms with E-state index in [1.807, 2.05) is 55.2 Å². The summed E-state index contributed by atoms with van der Waals surface area (Å²) in [5.74, 6) is -0.341. The molecule has 0 saturated heterocycles. The normalized spacial score (nSPS) is 10.0. The second kappa shape index (κ2) is 10.5. The van der Waals surface area contributed by atoms with Crippen LogP contribution in [0.15, 0.2) is 36.7 Å². The van der Waals surface area contributed by atoms with Crippen molar-refractivity contribution in [3.63, 3.8) is 0 Å². The van der Waals surface area contributed by atoms with E-state index in [1.165, 1.54) is 0 Å². The number of nitrogens with one attached hydrogen (secondary N) is 1. The van der Waals surface area contributed by atoms with E-state index in [9.17, 15) is 9.59 Å². The summed E-state index contributed by atoms with van der Waals surface area (Å²) in [6.45, 7) is 6.76. The van der Waals surface area contributed by atoms with Crippen molar-refractivity contribution in [3.8, 4) is 0 Å². The Bertz CT molecular complexity index is 708. The van der Waals surface area contributed by atoms with Crippen molar-refractivity contribution >= 4 is 17.6 Å². The first kappa shape index (κ1) is 21.5. The third-order valence-corrected chi connectivity index (χ3v) is 3.75. The third kappa shape index (κ3) is 6.36. The van der Waals surface area contributed by atoms with Gasteiger partial charge in [-0.25, -0.2) is 0 Å². The van der Waals surface area contributed by atoms with Crippen LogP contribution in [0.1, 0.15) is 24.5 Å². The van der Waals surface area contributed by atoms with Gasteiger partial charge in [-0.1, -0.05) is 18.2 Å². The largest absolute Gasteiger partial charge is 0.466 e. The van der Waals surface area contributed by atoms with Crippen molar-refractivity contribution in [3.05, 3.63) is 47.8 Å². The molecule has 0 aliphatic carbocycles. The van der Waals surface area contributed by atoms with Crippen LogP contribution >= 0.6 is 0 Å². The molecule has 25 heavy (non-hydrogen) atoms. The summed E-state index contributed by atoms with van der Waals surface area (Å²) in [4.78, 5) is 23.8. The van der Waals surface area contributed by atoms with Gasteiger partial charge in [0.15, 0.2) is 6.20 Å². The maximum Gasteiger partial charge on any atom is 0.307 e. The molecule has 1 aromatic carbocycles. The van der Waals surface area contributed by atoms with Crippen molar-refractivity contribution in [1.29, 1.82) is 0 Å². The number of para-hydroxylation sites is 1. The van der Waals surface area contributed by atoms with Gasteiger partial charge in [-0.05, 0) is 31.9 Å². The Labute approximate surface area is 173 Å². The van der Waals surface area contributed by atoms with Crippen molar-refractivity contribution in [2.45, 2.75) is 40.3 Å². The molecule has 0 spiro atoms. The first-order valence-corrected chi connectivity index (χ1v) is 8.07. The molecule has 2 rings (SSSR count). The predicted molar refractivity (Wildman–Crippen MR) is 90.4 cm³/mol. The minimum absolute atomic E-state index is 0. The van der Waals surface area contributed by atoms with E-state index in [-0.39, 0.29) is 57.6 Å². The quantitative estimate of drug-likeness (QED) is 0.552. The molecule has 0 unspecified atom stereocenters. The van der Waals surface area contributed by atoms with Gasteiger partial charge in [0.05, 0.1) is 25.8 Å². The van der Waals surface area contributed by atoms with Crippen LogP contribution in [0.2, 0.25) is 0 Å². The number of hydrogen-bond acceptors (Lipinski definition) is 3. The molecule has 131 valence electrons. The number of anilines is 1. The summed E-state index contributed by atoms with van der Waals surface area (Å²) in [7, 11) is 0.